The number of nitrogens with zero attached hydrogens (tertiary/aromatic N) is 2. The first-order chi connectivity index (χ1) is 7.79. The Bertz CT molecular complexity index is 362. The second-order valence-corrected chi connectivity index (χ2v) is 4.83. The molecule has 2 N–H and O–H groups in total. The van der Waals surface area contributed by atoms with Crippen molar-refractivity contribution in [2.75, 3.05) is 18.2 Å². The molecule has 0 aromatic carbocycles. The van der Waals surface area contributed by atoms with Crippen molar-refractivity contribution in [1.29, 1.82) is 0 Å². The van der Waals surface area contributed by atoms with Crippen molar-refractivity contribution in [3.63, 3.8) is 0 Å². The highest BCUT2D eigenvalue weighted by atomic mass is 32.2. The number of aromatic amines is 1. The second kappa shape index (κ2) is 5.20. The van der Waals surface area contributed by atoms with Gasteiger partial charge in [0.2, 0.25) is 11.9 Å². The number of aromatic nitrogens is 3. The van der Waals surface area contributed by atoms with Crippen LogP contribution in [0.5, 0.6) is 6.01 Å². The maximum atomic E-state index is 11.8. The van der Waals surface area contributed by atoms with Crippen molar-refractivity contribution < 1.29 is 9.53 Å². The lowest BCUT2D eigenvalue weighted by molar-refractivity contribution is -0.115. The molecule has 1 fully saturated rings. The molecule has 1 unspecified atom stereocenters. The van der Waals surface area contributed by atoms with Crippen LogP contribution in [-0.2, 0) is 4.79 Å². The van der Waals surface area contributed by atoms with E-state index in [1.807, 2.05) is 0 Å². The van der Waals surface area contributed by atoms with Crippen LogP contribution in [-0.4, -0.2) is 39.2 Å². The fraction of sp³-hybridized carbons (Fsp3) is 0.667. The maximum Gasteiger partial charge on any atom is 0.336 e. The summed E-state index contributed by atoms with van der Waals surface area (Å²) in [6.07, 6.45) is 3.25. The number of hydrogen-bond donors (Lipinski definition) is 2. The Balaban J connectivity index is 1.90. The summed E-state index contributed by atoms with van der Waals surface area (Å²) < 4.78 is 4.81. The molecule has 1 atom stereocenters. The van der Waals surface area contributed by atoms with Crippen molar-refractivity contribution in [2.24, 2.45) is 0 Å². The highest BCUT2D eigenvalue weighted by Gasteiger charge is 2.22. The average Bonchev–Trinajstić information content (AvgIpc) is 2.78. The van der Waals surface area contributed by atoms with Crippen LogP contribution in [0.4, 0.5) is 5.95 Å². The van der Waals surface area contributed by atoms with Gasteiger partial charge >= 0.3 is 6.01 Å². The highest BCUT2D eigenvalue weighted by Crippen LogP contribution is 2.25. The number of carbonyl (C=O) groups is 1. The molecule has 0 aliphatic carbocycles. The number of thioether (sulfide) groups is 1. The van der Waals surface area contributed by atoms with Crippen LogP contribution in [0.1, 0.15) is 19.3 Å². The van der Waals surface area contributed by atoms with Gasteiger partial charge in [0.25, 0.3) is 0 Å². The van der Waals surface area contributed by atoms with Crippen molar-refractivity contribution in [3.05, 3.63) is 0 Å². The van der Waals surface area contributed by atoms with Crippen LogP contribution in [0.15, 0.2) is 0 Å². The lowest BCUT2D eigenvalue weighted by Crippen LogP contribution is -2.27. The largest absolute Gasteiger partial charge is 0.466 e. The third kappa shape index (κ3) is 2.66. The monoisotopic (exact) mass is 242 g/mol. The normalized spacial score (nSPS) is 20.4. The minimum Gasteiger partial charge on any atom is -0.466 e. The van der Waals surface area contributed by atoms with Gasteiger partial charge in [-0.1, -0.05) is 6.42 Å². The molecule has 1 amide bonds. The van der Waals surface area contributed by atoms with Gasteiger partial charge < -0.3 is 4.74 Å². The van der Waals surface area contributed by atoms with Crippen molar-refractivity contribution in [1.82, 2.24) is 15.2 Å². The summed E-state index contributed by atoms with van der Waals surface area (Å²) in [7, 11) is 1.48. The predicted molar refractivity (Wildman–Crippen MR) is 61.7 cm³/mol. The summed E-state index contributed by atoms with van der Waals surface area (Å²) in [5.41, 5.74) is 0. The first kappa shape index (κ1) is 11.3. The van der Waals surface area contributed by atoms with E-state index in [9.17, 15) is 4.79 Å². The van der Waals surface area contributed by atoms with E-state index in [1.54, 1.807) is 11.8 Å². The molecule has 0 bridgehead atoms. The Labute approximate surface area is 97.5 Å². The average molecular weight is 242 g/mol. The lowest BCUT2D eigenvalue weighted by atomic mass is 10.2. The SMILES string of the molecule is COc1n[nH]c(NC(=O)C2CCCCS2)n1. The van der Waals surface area contributed by atoms with E-state index in [0.29, 0.717) is 5.95 Å². The molecule has 1 saturated heterocycles. The van der Waals surface area contributed by atoms with Gasteiger partial charge in [0, 0.05) is 0 Å². The number of nitrogens with one attached hydrogen (secondary N) is 2. The molecular weight excluding hydrogens is 228 g/mol. The fourth-order valence-electron chi connectivity index (χ4n) is 1.54. The highest BCUT2D eigenvalue weighted by molar-refractivity contribution is 8.00. The molecule has 7 heteroatoms. The van der Waals surface area contributed by atoms with E-state index in [-0.39, 0.29) is 17.2 Å². The summed E-state index contributed by atoms with van der Waals surface area (Å²) in [6, 6.07) is 0.228. The number of H-pyrrole nitrogens is 1. The molecule has 1 aromatic rings. The zero-order valence-corrected chi connectivity index (χ0v) is 9.84. The van der Waals surface area contributed by atoms with Gasteiger partial charge in [-0.3, -0.25) is 10.1 Å². The quantitative estimate of drug-likeness (QED) is 0.827. The zero-order chi connectivity index (χ0) is 11.4. The minimum atomic E-state index is -0.0106. The molecule has 16 heavy (non-hydrogen) atoms. The fourth-order valence-corrected chi connectivity index (χ4v) is 2.74. The molecule has 6 nitrogen and oxygen atoms in total. The molecule has 1 aliphatic rings. The van der Waals surface area contributed by atoms with Gasteiger partial charge in [0.1, 0.15) is 0 Å². The van der Waals surface area contributed by atoms with Crippen molar-refractivity contribution in [2.45, 2.75) is 24.5 Å². The summed E-state index contributed by atoms with van der Waals surface area (Å²) in [4.78, 5) is 15.7. The molecule has 1 aromatic heterocycles. The first-order valence-corrected chi connectivity index (χ1v) is 6.23. The Kier molecular flexibility index (Phi) is 3.66. The number of anilines is 1. The Morgan fingerprint density at radius 2 is 2.50 bits per heavy atom. The summed E-state index contributed by atoms with van der Waals surface area (Å²) in [5.74, 6) is 1.38. The standard InChI is InChI=1S/C9H14N4O2S/c1-15-9-11-8(12-13-9)10-7(14)6-4-2-3-5-16-6/h6H,2-5H2,1H3,(H2,10,11,12,13,14). The minimum absolute atomic E-state index is 0.0106. The van der Waals surface area contributed by atoms with Crippen LogP contribution >= 0.6 is 11.8 Å². The number of rotatable bonds is 3. The lowest BCUT2D eigenvalue weighted by Gasteiger charge is -2.19. The molecule has 88 valence electrons. The van der Waals surface area contributed by atoms with Gasteiger partial charge in [-0.25, -0.2) is 5.10 Å². The predicted octanol–water partition coefficient (Wildman–Crippen LogP) is 1.04. The molecule has 0 saturated carbocycles. The maximum absolute atomic E-state index is 11.8. The number of methoxy groups -OCH3 is 1. The van der Waals surface area contributed by atoms with Crippen molar-refractivity contribution >= 4 is 23.6 Å². The van der Waals surface area contributed by atoms with E-state index in [0.717, 1.165) is 18.6 Å². The number of ether oxygens (including phenoxy) is 1. The van der Waals surface area contributed by atoms with Crippen LogP contribution in [0.2, 0.25) is 0 Å². The summed E-state index contributed by atoms with van der Waals surface area (Å²) in [5, 5.41) is 9.08. The molecule has 0 radical (unpaired) electrons. The Morgan fingerprint density at radius 3 is 3.12 bits per heavy atom. The second-order valence-electron chi connectivity index (χ2n) is 3.52. The van der Waals surface area contributed by atoms with Crippen LogP contribution in [0, 0.1) is 0 Å². The smallest absolute Gasteiger partial charge is 0.336 e. The van der Waals surface area contributed by atoms with E-state index in [4.69, 9.17) is 4.74 Å². The molecule has 1 aliphatic heterocycles. The first-order valence-electron chi connectivity index (χ1n) is 5.18. The van der Waals surface area contributed by atoms with Crippen LogP contribution in [0.25, 0.3) is 0 Å². The summed E-state index contributed by atoms with van der Waals surface area (Å²) >= 11 is 1.70. The van der Waals surface area contributed by atoms with Gasteiger partial charge in [-0.05, 0) is 18.6 Å². The van der Waals surface area contributed by atoms with Crippen molar-refractivity contribution in [3.8, 4) is 6.01 Å². The third-order valence-corrected chi connectivity index (χ3v) is 3.74. The Hall–Kier alpha value is -1.24. The Morgan fingerprint density at radius 1 is 1.62 bits per heavy atom. The van der Waals surface area contributed by atoms with Gasteiger partial charge in [0.05, 0.1) is 12.4 Å². The number of amides is 1. The van der Waals surface area contributed by atoms with E-state index in [1.165, 1.54) is 13.5 Å². The number of carbonyl (C=O) groups excluding carboxylic acids is 1. The molecule has 2 heterocycles. The van der Waals surface area contributed by atoms with Crippen LogP contribution in [0.3, 0.4) is 0 Å². The van der Waals surface area contributed by atoms with Crippen LogP contribution < -0.4 is 10.1 Å². The molecular formula is C9H14N4O2S. The van der Waals surface area contributed by atoms with E-state index < -0.39 is 0 Å². The third-order valence-electron chi connectivity index (χ3n) is 2.36. The van der Waals surface area contributed by atoms with E-state index in [2.05, 4.69) is 20.5 Å². The summed E-state index contributed by atoms with van der Waals surface area (Å²) in [6.45, 7) is 0. The molecule has 0 spiro atoms. The van der Waals surface area contributed by atoms with Gasteiger partial charge in [-0.2, -0.15) is 4.98 Å². The van der Waals surface area contributed by atoms with Gasteiger partial charge in [0.15, 0.2) is 0 Å². The van der Waals surface area contributed by atoms with E-state index >= 15 is 0 Å². The topological polar surface area (TPSA) is 79.9 Å². The zero-order valence-electron chi connectivity index (χ0n) is 9.02. The molecule has 2 rings (SSSR count). The van der Waals surface area contributed by atoms with Gasteiger partial charge in [-0.15, -0.1) is 16.9 Å². The number of hydrogen-bond acceptors (Lipinski definition) is 5.